The smallest absolute Gasteiger partial charge is 0.187 e. The van der Waals surface area contributed by atoms with Crippen molar-refractivity contribution in [2.45, 2.75) is 13.2 Å². The van der Waals surface area contributed by atoms with E-state index in [0.717, 1.165) is 27.6 Å². The molecule has 0 unspecified atom stereocenters. The van der Waals surface area contributed by atoms with Crippen LogP contribution in [-0.2, 0) is 22.7 Å². The molecule has 2 aromatic carbocycles. The van der Waals surface area contributed by atoms with Gasteiger partial charge in [0, 0.05) is 31.5 Å². The van der Waals surface area contributed by atoms with E-state index in [9.17, 15) is 4.79 Å². The standard InChI is InChI=1S/C21H20ClNO3/c1-25-12-15-10-17(13-26-2)21(22)18(11-15)20(24)6-4-14-3-5-19-16(9-14)7-8-23-19/h3-11,23H,12-13H2,1-2H3/b6-4+. The number of methoxy groups -OCH3 is 2. The summed E-state index contributed by atoms with van der Waals surface area (Å²) in [6.45, 7) is 0.743. The highest BCUT2D eigenvalue weighted by atomic mass is 35.5. The third-order valence-corrected chi connectivity index (χ3v) is 4.53. The number of aromatic nitrogens is 1. The quantitative estimate of drug-likeness (QED) is 0.470. The average Bonchev–Trinajstić information content (AvgIpc) is 3.10. The van der Waals surface area contributed by atoms with Gasteiger partial charge in [0.15, 0.2) is 5.78 Å². The number of nitrogens with one attached hydrogen (secondary N) is 1. The van der Waals surface area contributed by atoms with Gasteiger partial charge in [-0.15, -0.1) is 0 Å². The van der Waals surface area contributed by atoms with E-state index in [-0.39, 0.29) is 5.78 Å². The number of fused-ring (bicyclic) bond motifs is 1. The van der Waals surface area contributed by atoms with E-state index in [1.54, 1.807) is 32.4 Å². The van der Waals surface area contributed by atoms with Crippen LogP contribution >= 0.6 is 11.6 Å². The van der Waals surface area contributed by atoms with Crippen molar-refractivity contribution in [3.63, 3.8) is 0 Å². The molecule has 1 heterocycles. The van der Waals surface area contributed by atoms with Gasteiger partial charge in [-0.05, 0) is 58.5 Å². The third kappa shape index (κ3) is 4.05. The van der Waals surface area contributed by atoms with Gasteiger partial charge in [-0.25, -0.2) is 0 Å². The summed E-state index contributed by atoms with van der Waals surface area (Å²) < 4.78 is 10.4. The highest BCUT2D eigenvalue weighted by molar-refractivity contribution is 6.35. The first-order chi connectivity index (χ1) is 12.6. The molecule has 4 nitrogen and oxygen atoms in total. The van der Waals surface area contributed by atoms with Crippen LogP contribution in [0.1, 0.15) is 27.0 Å². The van der Waals surface area contributed by atoms with Gasteiger partial charge in [0.1, 0.15) is 0 Å². The van der Waals surface area contributed by atoms with Gasteiger partial charge in [-0.3, -0.25) is 4.79 Å². The molecule has 134 valence electrons. The number of halogens is 1. The summed E-state index contributed by atoms with van der Waals surface area (Å²) in [6, 6.07) is 11.6. The molecule has 0 atom stereocenters. The summed E-state index contributed by atoms with van der Waals surface area (Å²) in [5, 5.41) is 1.52. The van der Waals surface area contributed by atoms with Crippen LogP contribution < -0.4 is 0 Å². The zero-order valence-electron chi connectivity index (χ0n) is 14.7. The van der Waals surface area contributed by atoms with Gasteiger partial charge in [-0.1, -0.05) is 23.7 Å². The Labute approximate surface area is 157 Å². The third-order valence-electron chi connectivity index (χ3n) is 4.09. The van der Waals surface area contributed by atoms with Gasteiger partial charge in [0.2, 0.25) is 0 Å². The number of aromatic amines is 1. The van der Waals surface area contributed by atoms with Crippen LogP contribution in [0.4, 0.5) is 0 Å². The maximum absolute atomic E-state index is 12.7. The van der Waals surface area contributed by atoms with Gasteiger partial charge >= 0.3 is 0 Å². The zero-order chi connectivity index (χ0) is 18.5. The van der Waals surface area contributed by atoms with E-state index < -0.39 is 0 Å². The summed E-state index contributed by atoms with van der Waals surface area (Å²) >= 11 is 6.42. The van der Waals surface area contributed by atoms with Gasteiger partial charge in [0.25, 0.3) is 0 Å². The lowest BCUT2D eigenvalue weighted by molar-refractivity contribution is 0.104. The van der Waals surface area contributed by atoms with E-state index in [1.807, 2.05) is 36.5 Å². The van der Waals surface area contributed by atoms with Gasteiger partial charge in [0.05, 0.1) is 18.2 Å². The van der Waals surface area contributed by atoms with Crippen molar-refractivity contribution in [3.8, 4) is 0 Å². The Bertz CT molecular complexity index is 959. The van der Waals surface area contributed by atoms with Crippen molar-refractivity contribution in [2.24, 2.45) is 0 Å². The largest absolute Gasteiger partial charge is 0.380 e. The predicted octanol–water partition coefficient (Wildman–Crippen LogP) is 5.01. The minimum atomic E-state index is -0.153. The second-order valence-electron chi connectivity index (χ2n) is 6.00. The fourth-order valence-corrected chi connectivity index (χ4v) is 3.13. The number of rotatable bonds is 7. The van der Waals surface area contributed by atoms with Crippen LogP contribution in [0.15, 0.2) is 48.7 Å². The Morgan fingerprint density at radius 1 is 1.12 bits per heavy atom. The Kier molecular flexibility index (Phi) is 5.89. The minimum Gasteiger partial charge on any atom is -0.380 e. The number of hydrogen-bond donors (Lipinski definition) is 1. The summed E-state index contributed by atoms with van der Waals surface area (Å²) in [7, 11) is 3.21. The van der Waals surface area contributed by atoms with E-state index in [4.69, 9.17) is 21.1 Å². The van der Waals surface area contributed by atoms with Crippen molar-refractivity contribution in [1.82, 2.24) is 4.98 Å². The molecule has 0 radical (unpaired) electrons. The molecular weight excluding hydrogens is 350 g/mol. The summed E-state index contributed by atoms with van der Waals surface area (Å²) in [6.07, 6.45) is 5.23. The van der Waals surface area contributed by atoms with Gasteiger partial charge < -0.3 is 14.5 Å². The van der Waals surface area contributed by atoms with Crippen molar-refractivity contribution in [3.05, 3.63) is 75.9 Å². The summed E-state index contributed by atoms with van der Waals surface area (Å²) in [5.74, 6) is -0.153. The first-order valence-corrected chi connectivity index (χ1v) is 8.59. The molecule has 5 heteroatoms. The normalized spacial score (nSPS) is 11.5. The van der Waals surface area contributed by atoms with Crippen LogP contribution in [0, 0.1) is 0 Å². The second kappa shape index (κ2) is 8.32. The lowest BCUT2D eigenvalue weighted by Gasteiger charge is -2.11. The van der Waals surface area contributed by atoms with Crippen molar-refractivity contribution >= 4 is 34.4 Å². The summed E-state index contributed by atoms with van der Waals surface area (Å²) in [5.41, 5.74) is 4.12. The molecule has 3 aromatic rings. The molecule has 0 amide bonds. The van der Waals surface area contributed by atoms with E-state index in [0.29, 0.717) is 23.8 Å². The number of ether oxygens (including phenoxy) is 2. The molecule has 1 N–H and O–H groups in total. The van der Waals surface area contributed by atoms with Crippen LogP contribution in [0.3, 0.4) is 0 Å². The number of carbonyl (C=O) groups is 1. The molecule has 1 aromatic heterocycles. The number of H-pyrrole nitrogens is 1. The summed E-state index contributed by atoms with van der Waals surface area (Å²) in [4.78, 5) is 15.9. The van der Waals surface area contributed by atoms with Gasteiger partial charge in [-0.2, -0.15) is 0 Å². The van der Waals surface area contributed by atoms with E-state index in [2.05, 4.69) is 4.98 Å². The lowest BCUT2D eigenvalue weighted by atomic mass is 10.0. The van der Waals surface area contributed by atoms with Crippen LogP contribution in [0.2, 0.25) is 5.02 Å². The Hall–Kier alpha value is -2.40. The minimum absolute atomic E-state index is 0.153. The number of allylic oxidation sites excluding steroid dienone is 1. The molecular formula is C21H20ClNO3. The molecule has 0 saturated carbocycles. The number of carbonyl (C=O) groups excluding carboxylic acids is 1. The average molecular weight is 370 g/mol. The highest BCUT2D eigenvalue weighted by Gasteiger charge is 2.14. The topological polar surface area (TPSA) is 51.3 Å². The SMILES string of the molecule is COCc1cc(COC)c(Cl)c(C(=O)/C=C/c2ccc3[nH]ccc3c2)c1. The van der Waals surface area contributed by atoms with Crippen molar-refractivity contribution in [2.75, 3.05) is 14.2 Å². The van der Waals surface area contributed by atoms with E-state index in [1.165, 1.54) is 0 Å². The van der Waals surface area contributed by atoms with Crippen molar-refractivity contribution in [1.29, 1.82) is 0 Å². The predicted molar refractivity (Wildman–Crippen MR) is 105 cm³/mol. The molecule has 0 saturated heterocycles. The number of hydrogen-bond acceptors (Lipinski definition) is 3. The molecule has 0 aliphatic rings. The molecule has 0 spiro atoms. The molecule has 0 fully saturated rings. The fourth-order valence-electron chi connectivity index (χ4n) is 2.88. The first kappa shape index (κ1) is 18.4. The Morgan fingerprint density at radius 2 is 1.92 bits per heavy atom. The molecule has 3 rings (SSSR count). The maximum Gasteiger partial charge on any atom is 0.187 e. The first-order valence-electron chi connectivity index (χ1n) is 8.21. The maximum atomic E-state index is 12.7. The van der Waals surface area contributed by atoms with Crippen LogP contribution in [-0.4, -0.2) is 25.0 Å². The van der Waals surface area contributed by atoms with Crippen LogP contribution in [0.5, 0.6) is 0 Å². The highest BCUT2D eigenvalue weighted by Crippen LogP contribution is 2.26. The molecule has 0 aliphatic heterocycles. The molecule has 0 aliphatic carbocycles. The number of benzene rings is 2. The molecule has 0 bridgehead atoms. The van der Waals surface area contributed by atoms with Crippen molar-refractivity contribution < 1.29 is 14.3 Å². The number of ketones is 1. The lowest BCUT2D eigenvalue weighted by Crippen LogP contribution is -2.03. The Morgan fingerprint density at radius 3 is 2.69 bits per heavy atom. The fraction of sp³-hybridized carbons (Fsp3) is 0.190. The van der Waals surface area contributed by atoms with Crippen LogP contribution in [0.25, 0.3) is 17.0 Å². The Balaban J connectivity index is 1.90. The monoisotopic (exact) mass is 369 g/mol. The van der Waals surface area contributed by atoms with E-state index >= 15 is 0 Å². The zero-order valence-corrected chi connectivity index (χ0v) is 15.5. The molecule has 26 heavy (non-hydrogen) atoms. The second-order valence-corrected chi connectivity index (χ2v) is 6.38.